The number of carbonyl (C=O) groups excluding carboxylic acids is 1. The van der Waals surface area contributed by atoms with Gasteiger partial charge in [-0.15, -0.1) is 0 Å². The van der Waals surface area contributed by atoms with Crippen LogP contribution in [-0.4, -0.2) is 17.6 Å². The zero-order chi connectivity index (χ0) is 16.8. The van der Waals surface area contributed by atoms with Crippen molar-refractivity contribution in [3.63, 3.8) is 0 Å². The standard InChI is InChI=1S/C16H14Cl2N2O2S/c1-10-2-5-12(6-3-10)19-16(23)20-15(21)9-22-14-7-4-11(17)8-13(14)18/h2-8H,9H2,1H3,(H2,19,20,21,23). The maximum Gasteiger partial charge on any atom is 0.264 e. The van der Waals surface area contributed by atoms with Crippen LogP contribution in [0.3, 0.4) is 0 Å². The van der Waals surface area contributed by atoms with Crippen LogP contribution in [0.25, 0.3) is 0 Å². The third-order valence-corrected chi connectivity index (χ3v) is 3.55. The van der Waals surface area contributed by atoms with Crippen molar-refractivity contribution in [2.45, 2.75) is 6.92 Å². The Morgan fingerprint density at radius 3 is 2.52 bits per heavy atom. The first-order valence-electron chi connectivity index (χ1n) is 6.69. The van der Waals surface area contributed by atoms with E-state index in [-0.39, 0.29) is 17.6 Å². The number of amides is 1. The Balaban J connectivity index is 1.82. The van der Waals surface area contributed by atoms with Crippen molar-refractivity contribution in [3.8, 4) is 5.75 Å². The number of anilines is 1. The van der Waals surface area contributed by atoms with Gasteiger partial charge in [0, 0.05) is 10.7 Å². The van der Waals surface area contributed by atoms with Gasteiger partial charge in [0.25, 0.3) is 5.91 Å². The number of nitrogens with one attached hydrogen (secondary N) is 2. The van der Waals surface area contributed by atoms with Gasteiger partial charge in [-0.3, -0.25) is 10.1 Å². The lowest BCUT2D eigenvalue weighted by Gasteiger charge is -2.11. The molecule has 0 heterocycles. The summed E-state index contributed by atoms with van der Waals surface area (Å²) in [6.07, 6.45) is 0. The second-order valence-corrected chi connectivity index (χ2v) is 5.98. The number of hydrogen-bond acceptors (Lipinski definition) is 3. The number of rotatable bonds is 4. The predicted molar refractivity (Wildman–Crippen MR) is 97.5 cm³/mol. The van der Waals surface area contributed by atoms with E-state index in [0.29, 0.717) is 15.8 Å². The van der Waals surface area contributed by atoms with E-state index in [0.717, 1.165) is 11.3 Å². The van der Waals surface area contributed by atoms with Gasteiger partial charge in [-0.25, -0.2) is 0 Å². The molecule has 2 N–H and O–H groups in total. The molecule has 120 valence electrons. The van der Waals surface area contributed by atoms with Crippen LogP contribution in [0.4, 0.5) is 5.69 Å². The molecule has 0 radical (unpaired) electrons. The third kappa shape index (κ3) is 5.71. The van der Waals surface area contributed by atoms with Crippen molar-refractivity contribution in [1.82, 2.24) is 5.32 Å². The highest BCUT2D eigenvalue weighted by molar-refractivity contribution is 7.80. The molecule has 2 aromatic rings. The number of ether oxygens (including phenoxy) is 1. The molecule has 0 atom stereocenters. The minimum absolute atomic E-state index is 0.199. The Labute approximate surface area is 149 Å². The fourth-order valence-corrected chi connectivity index (χ4v) is 2.39. The molecule has 0 aliphatic rings. The molecular weight excluding hydrogens is 355 g/mol. The largest absolute Gasteiger partial charge is 0.482 e. The monoisotopic (exact) mass is 368 g/mol. The average Bonchev–Trinajstić information content (AvgIpc) is 2.48. The first kappa shape index (κ1) is 17.5. The minimum atomic E-state index is -0.388. The number of carbonyl (C=O) groups is 1. The smallest absolute Gasteiger partial charge is 0.264 e. The number of halogens is 2. The topological polar surface area (TPSA) is 50.4 Å². The lowest BCUT2D eigenvalue weighted by atomic mass is 10.2. The second-order valence-electron chi connectivity index (χ2n) is 4.73. The zero-order valence-electron chi connectivity index (χ0n) is 12.2. The van der Waals surface area contributed by atoms with E-state index in [1.807, 2.05) is 31.2 Å². The first-order chi connectivity index (χ1) is 10.9. The molecule has 0 saturated heterocycles. The fraction of sp³-hybridized carbons (Fsp3) is 0.125. The molecule has 0 aliphatic heterocycles. The van der Waals surface area contributed by atoms with Gasteiger partial charge in [0.2, 0.25) is 0 Å². The van der Waals surface area contributed by atoms with Crippen LogP contribution < -0.4 is 15.4 Å². The van der Waals surface area contributed by atoms with Gasteiger partial charge in [-0.2, -0.15) is 0 Å². The predicted octanol–water partition coefficient (Wildman–Crippen LogP) is 4.19. The Morgan fingerprint density at radius 1 is 1.17 bits per heavy atom. The first-order valence-corrected chi connectivity index (χ1v) is 7.86. The van der Waals surface area contributed by atoms with E-state index in [9.17, 15) is 4.79 Å². The van der Waals surface area contributed by atoms with E-state index in [4.69, 9.17) is 40.2 Å². The van der Waals surface area contributed by atoms with Gasteiger partial charge < -0.3 is 10.1 Å². The number of hydrogen-bond donors (Lipinski definition) is 2. The van der Waals surface area contributed by atoms with Crippen LogP contribution in [0.5, 0.6) is 5.75 Å². The van der Waals surface area contributed by atoms with Crippen LogP contribution in [0.2, 0.25) is 10.0 Å². The van der Waals surface area contributed by atoms with Crippen molar-refractivity contribution in [2.24, 2.45) is 0 Å². The van der Waals surface area contributed by atoms with Crippen LogP contribution in [0, 0.1) is 6.92 Å². The summed E-state index contributed by atoms with van der Waals surface area (Å²) in [4.78, 5) is 11.8. The Bertz CT molecular complexity index is 721. The second kappa shape index (κ2) is 8.15. The highest BCUT2D eigenvalue weighted by Crippen LogP contribution is 2.27. The van der Waals surface area contributed by atoms with Crippen LogP contribution in [0.15, 0.2) is 42.5 Å². The van der Waals surface area contributed by atoms with Gasteiger partial charge >= 0.3 is 0 Å². The Hall–Kier alpha value is -1.82. The van der Waals surface area contributed by atoms with Gasteiger partial charge in [0.15, 0.2) is 11.7 Å². The Kier molecular flexibility index (Phi) is 6.21. The van der Waals surface area contributed by atoms with E-state index in [2.05, 4.69) is 10.6 Å². The molecule has 4 nitrogen and oxygen atoms in total. The van der Waals surface area contributed by atoms with Gasteiger partial charge in [0.1, 0.15) is 5.75 Å². The van der Waals surface area contributed by atoms with E-state index >= 15 is 0 Å². The van der Waals surface area contributed by atoms with Crippen molar-refractivity contribution in [1.29, 1.82) is 0 Å². The van der Waals surface area contributed by atoms with Crippen LogP contribution in [-0.2, 0) is 4.79 Å². The van der Waals surface area contributed by atoms with Gasteiger partial charge in [-0.05, 0) is 49.5 Å². The molecule has 0 unspecified atom stereocenters. The number of thiocarbonyl (C=S) groups is 1. The highest BCUT2D eigenvalue weighted by atomic mass is 35.5. The van der Waals surface area contributed by atoms with Gasteiger partial charge in [0.05, 0.1) is 5.02 Å². The molecular formula is C16H14Cl2N2O2S. The van der Waals surface area contributed by atoms with E-state index in [1.165, 1.54) is 0 Å². The normalized spacial score (nSPS) is 10.0. The molecule has 1 amide bonds. The number of benzene rings is 2. The lowest BCUT2D eigenvalue weighted by molar-refractivity contribution is -0.121. The summed E-state index contributed by atoms with van der Waals surface area (Å²) in [6.45, 7) is 1.78. The molecule has 0 saturated carbocycles. The molecule has 23 heavy (non-hydrogen) atoms. The summed E-state index contributed by atoms with van der Waals surface area (Å²) in [5, 5.41) is 6.48. The van der Waals surface area contributed by atoms with E-state index < -0.39 is 0 Å². The summed E-state index contributed by atoms with van der Waals surface area (Å²) in [7, 11) is 0. The summed E-state index contributed by atoms with van der Waals surface area (Å²) in [6, 6.07) is 12.4. The SMILES string of the molecule is Cc1ccc(NC(=S)NC(=O)COc2ccc(Cl)cc2Cl)cc1. The average molecular weight is 369 g/mol. The number of aryl methyl sites for hydroxylation is 1. The van der Waals surface area contributed by atoms with Crippen molar-refractivity contribution >= 4 is 52.1 Å². The molecule has 2 rings (SSSR count). The van der Waals surface area contributed by atoms with Crippen molar-refractivity contribution < 1.29 is 9.53 Å². The lowest BCUT2D eigenvalue weighted by Crippen LogP contribution is -2.37. The quantitative estimate of drug-likeness (QED) is 0.794. The van der Waals surface area contributed by atoms with E-state index in [1.54, 1.807) is 18.2 Å². The third-order valence-electron chi connectivity index (χ3n) is 2.82. The molecule has 0 aliphatic carbocycles. The zero-order valence-corrected chi connectivity index (χ0v) is 14.6. The molecule has 0 spiro atoms. The van der Waals surface area contributed by atoms with Crippen LogP contribution >= 0.6 is 35.4 Å². The van der Waals surface area contributed by atoms with Crippen molar-refractivity contribution in [3.05, 3.63) is 58.1 Å². The van der Waals surface area contributed by atoms with Crippen molar-refractivity contribution in [2.75, 3.05) is 11.9 Å². The highest BCUT2D eigenvalue weighted by Gasteiger charge is 2.08. The summed E-state index contributed by atoms with van der Waals surface area (Å²) in [5.74, 6) is -0.00995. The fourth-order valence-electron chi connectivity index (χ4n) is 1.70. The molecule has 2 aromatic carbocycles. The summed E-state index contributed by atoms with van der Waals surface area (Å²) < 4.78 is 5.33. The van der Waals surface area contributed by atoms with Crippen LogP contribution in [0.1, 0.15) is 5.56 Å². The van der Waals surface area contributed by atoms with Gasteiger partial charge in [-0.1, -0.05) is 40.9 Å². The maximum absolute atomic E-state index is 11.8. The minimum Gasteiger partial charge on any atom is -0.482 e. The molecule has 0 fully saturated rings. The Morgan fingerprint density at radius 2 is 1.87 bits per heavy atom. The molecule has 0 bridgehead atoms. The summed E-state index contributed by atoms with van der Waals surface area (Å²) in [5.41, 5.74) is 1.93. The molecule has 0 aromatic heterocycles. The summed E-state index contributed by atoms with van der Waals surface area (Å²) >= 11 is 16.8. The molecule has 7 heteroatoms. The maximum atomic E-state index is 11.8.